The van der Waals surface area contributed by atoms with E-state index in [-0.39, 0.29) is 24.4 Å². The standard InChI is InChI=1S/C16H19N3O2S/c1-11(14-8-5-9-22-14)18-16(21)19-13-7-4-3-6-12(13)10-15(20)17-2/h3-9,11H,10H2,1-2H3,(H,17,20)(H2,18,19,21)/t11-/m0/s1. The van der Waals surface area contributed by atoms with E-state index in [2.05, 4.69) is 16.0 Å². The number of rotatable bonds is 5. The molecule has 0 unspecified atom stereocenters. The summed E-state index contributed by atoms with van der Waals surface area (Å²) in [5.41, 5.74) is 1.42. The molecule has 0 aliphatic rings. The first-order chi connectivity index (χ1) is 10.6. The van der Waals surface area contributed by atoms with E-state index in [1.165, 1.54) is 0 Å². The van der Waals surface area contributed by atoms with Crippen molar-refractivity contribution in [3.8, 4) is 0 Å². The average Bonchev–Trinajstić information content (AvgIpc) is 3.03. The molecule has 3 N–H and O–H groups in total. The molecule has 2 rings (SSSR count). The Kier molecular flexibility index (Phi) is 5.55. The molecule has 6 heteroatoms. The maximum atomic E-state index is 12.1. The summed E-state index contributed by atoms with van der Waals surface area (Å²) >= 11 is 1.60. The van der Waals surface area contributed by atoms with Crippen molar-refractivity contribution in [2.24, 2.45) is 0 Å². The molecule has 116 valence electrons. The van der Waals surface area contributed by atoms with Crippen molar-refractivity contribution in [1.29, 1.82) is 0 Å². The fourth-order valence-electron chi connectivity index (χ4n) is 2.02. The summed E-state index contributed by atoms with van der Waals surface area (Å²) in [7, 11) is 1.59. The minimum absolute atomic E-state index is 0.0638. The SMILES string of the molecule is CNC(=O)Cc1ccccc1NC(=O)N[C@@H](C)c1cccs1. The minimum atomic E-state index is -0.287. The van der Waals surface area contributed by atoms with E-state index in [9.17, 15) is 9.59 Å². The third kappa shape index (κ3) is 4.33. The number of carbonyl (C=O) groups is 2. The Bertz CT molecular complexity index is 641. The van der Waals surface area contributed by atoms with Gasteiger partial charge in [0.25, 0.3) is 0 Å². The fraction of sp³-hybridized carbons (Fsp3) is 0.250. The van der Waals surface area contributed by atoms with Crippen LogP contribution < -0.4 is 16.0 Å². The second kappa shape index (κ2) is 7.61. The number of thiophene rings is 1. The highest BCUT2D eigenvalue weighted by atomic mass is 32.1. The number of urea groups is 1. The van der Waals surface area contributed by atoms with Gasteiger partial charge in [0.05, 0.1) is 12.5 Å². The summed E-state index contributed by atoms with van der Waals surface area (Å²) in [6.45, 7) is 1.93. The summed E-state index contributed by atoms with van der Waals surface area (Å²) in [5.74, 6) is -0.0957. The summed E-state index contributed by atoms with van der Waals surface area (Å²) < 4.78 is 0. The number of hydrogen-bond acceptors (Lipinski definition) is 3. The van der Waals surface area contributed by atoms with Gasteiger partial charge < -0.3 is 16.0 Å². The molecule has 22 heavy (non-hydrogen) atoms. The highest BCUT2D eigenvalue weighted by molar-refractivity contribution is 7.10. The van der Waals surface area contributed by atoms with E-state index in [0.717, 1.165) is 10.4 Å². The molecule has 1 aromatic carbocycles. The van der Waals surface area contributed by atoms with E-state index in [0.29, 0.717) is 5.69 Å². The monoisotopic (exact) mass is 317 g/mol. The molecule has 2 aromatic rings. The van der Waals surface area contributed by atoms with Crippen LogP contribution in [0.25, 0.3) is 0 Å². The molecule has 5 nitrogen and oxygen atoms in total. The molecule has 1 aromatic heterocycles. The maximum Gasteiger partial charge on any atom is 0.319 e. The Labute approximate surface area is 133 Å². The Morgan fingerprint density at radius 2 is 1.95 bits per heavy atom. The summed E-state index contributed by atoms with van der Waals surface area (Å²) in [6, 6.07) is 10.9. The molecule has 0 aliphatic heterocycles. The largest absolute Gasteiger partial charge is 0.359 e. The molecule has 3 amide bonds. The van der Waals surface area contributed by atoms with Crippen LogP contribution in [0, 0.1) is 0 Å². The molecule has 0 saturated heterocycles. The van der Waals surface area contributed by atoms with Gasteiger partial charge in [0.1, 0.15) is 0 Å². The molecule has 0 aliphatic carbocycles. The normalized spacial score (nSPS) is 11.5. The van der Waals surface area contributed by atoms with E-state index in [1.807, 2.05) is 42.6 Å². The lowest BCUT2D eigenvalue weighted by atomic mass is 10.1. The van der Waals surface area contributed by atoms with Gasteiger partial charge >= 0.3 is 6.03 Å². The van der Waals surface area contributed by atoms with Gasteiger partial charge in [-0.25, -0.2) is 4.79 Å². The second-order valence-electron chi connectivity index (χ2n) is 4.84. The van der Waals surface area contributed by atoms with Crippen LogP contribution in [-0.4, -0.2) is 19.0 Å². The molecule has 0 radical (unpaired) electrons. The Hall–Kier alpha value is -2.34. The summed E-state index contributed by atoms with van der Waals surface area (Å²) in [5, 5.41) is 10.2. The number of likely N-dealkylation sites (N-methyl/N-ethyl adjacent to an activating group) is 1. The van der Waals surface area contributed by atoms with Crippen molar-refractivity contribution < 1.29 is 9.59 Å². The highest BCUT2D eigenvalue weighted by Gasteiger charge is 2.12. The smallest absolute Gasteiger partial charge is 0.319 e. The van der Waals surface area contributed by atoms with Crippen LogP contribution >= 0.6 is 11.3 Å². The molecule has 0 saturated carbocycles. The first-order valence-corrected chi connectivity index (χ1v) is 7.87. The van der Waals surface area contributed by atoms with Gasteiger partial charge in [-0.15, -0.1) is 11.3 Å². The van der Waals surface area contributed by atoms with Crippen LogP contribution in [0.5, 0.6) is 0 Å². The molecule has 0 fully saturated rings. The molecule has 0 spiro atoms. The first-order valence-electron chi connectivity index (χ1n) is 6.99. The minimum Gasteiger partial charge on any atom is -0.359 e. The van der Waals surface area contributed by atoms with Crippen LogP contribution in [-0.2, 0) is 11.2 Å². The van der Waals surface area contributed by atoms with Crippen LogP contribution in [0.1, 0.15) is 23.4 Å². The number of carbonyl (C=O) groups excluding carboxylic acids is 2. The van der Waals surface area contributed by atoms with Gasteiger partial charge in [-0.05, 0) is 30.0 Å². The second-order valence-corrected chi connectivity index (χ2v) is 5.82. The van der Waals surface area contributed by atoms with Crippen LogP contribution in [0.2, 0.25) is 0 Å². The van der Waals surface area contributed by atoms with Crippen LogP contribution in [0.4, 0.5) is 10.5 Å². The predicted molar refractivity (Wildman–Crippen MR) is 89.1 cm³/mol. The van der Waals surface area contributed by atoms with Gasteiger partial charge in [-0.2, -0.15) is 0 Å². The summed E-state index contributed by atoms with van der Waals surface area (Å²) in [6.07, 6.45) is 0.230. The van der Waals surface area contributed by atoms with Crippen molar-refractivity contribution >= 4 is 29.0 Å². The van der Waals surface area contributed by atoms with E-state index in [4.69, 9.17) is 0 Å². The lowest BCUT2D eigenvalue weighted by Gasteiger charge is -2.15. The predicted octanol–water partition coefficient (Wildman–Crippen LogP) is 2.92. The Balaban J connectivity index is 2.01. The van der Waals surface area contributed by atoms with Gasteiger partial charge in [0.2, 0.25) is 5.91 Å². The van der Waals surface area contributed by atoms with Gasteiger partial charge in [0, 0.05) is 17.6 Å². The molecular formula is C16H19N3O2S. The average molecular weight is 317 g/mol. The molecule has 0 bridgehead atoms. The first kappa shape index (κ1) is 16.0. The zero-order valence-electron chi connectivity index (χ0n) is 12.6. The lowest BCUT2D eigenvalue weighted by Crippen LogP contribution is -2.31. The van der Waals surface area contributed by atoms with Crippen LogP contribution in [0.15, 0.2) is 41.8 Å². The van der Waals surface area contributed by atoms with Crippen molar-refractivity contribution in [1.82, 2.24) is 10.6 Å². The topological polar surface area (TPSA) is 70.2 Å². The van der Waals surface area contributed by atoms with E-state index >= 15 is 0 Å². The number of hydrogen-bond donors (Lipinski definition) is 3. The quantitative estimate of drug-likeness (QED) is 0.793. The third-order valence-electron chi connectivity index (χ3n) is 3.21. The molecular weight excluding hydrogens is 298 g/mol. The fourth-order valence-corrected chi connectivity index (χ4v) is 2.76. The number of amides is 3. The van der Waals surface area contributed by atoms with E-state index in [1.54, 1.807) is 24.5 Å². The Morgan fingerprint density at radius 3 is 2.64 bits per heavy atom. The van der Waals surface area contributed by atoms with Crippen molar-refractivity contribution in [2.45, 2.75) is 19.4 Å². The van der Waals surface area contributed by atoms with Crippen LogP contribution in [0.3, 0.4) is 0 Å². The van der Waals surface area contributed by atoms with Gasteiger partial charge in [-0.1, -0.05) is 24.3 Å². The van der Waals surface area contributed by atoms with E-state index < -0.39 is 0 Å². The molecule has 1 atom stereocenters. The zero-order chi connectivity index (χ0) is 15.9. The number of anilines is 1. The zero-order valence-corrected chi connectivity index (χ0v) is 13.4. The van der Waals surface area contributed by atoms with Crippen molar-refractivity contribution in [2.75, 3.05) is 12.4 Å². The van der Waals surface area contributed by atoms with Gasteiger partial charge in [0.15, 0.2) is 0 Å². The molecule has 1 heterocycles. The Morgan fingerprint density at radius 1 is 1.18 bits per heavy atom. The number of para-hydroxylation sites is 1. The third-order valence-corrected chi connectivity index (χ3v) is 4.27. The van der Waals surface area contributed by atoms with Crippen molar-refractivity contribution in [3.63, 3.8) is 0 Å². The lowest BCUT2D eigenvalue weighted by molar-refractivity contribution is -0.119. The summed E-state index contributed by atoms with van der Waals surface area (Å²) in [4.78, 5) is 24.7. The van der Waals surface area contributed by atoms with Crippen molar-refractivity contribution in [3.05, 3.63) is 52.2 Å². The highest BCUT2D eigenvalue weighted by Crippen LogP contribution is 2.19. The number of benzene rings is 1. The maximum absolute atomic E-state index is 12.1. The number of nitrogens with one attached hydrogen (secondary N) is 3. The van der Waals surface area contributed by atoms with Gasteiger partial charge in [-0.3, -0.25) is 4.79 Å².